The molecule has 3 heteroatoms. The van der Waals surface area contributed by atoms with Crippen LogP contribution in [0.1, 0.15) is 51.3 Å². The normalized spacial score (nSPS) is 23.5. The van der Waals surface area contributed by atoms with Gasteiger partial charge in [0.25, 0.3) is 0 Å². The van der Waals surface area contributed by atoms with Crippen molar-refractivity contribution in [2.24, 2.45) is 11.3 Å². The first-order valence-corrected chi connectivity index (χ1v) is 7.44. The van der Waals surface area contributed by atoms with Crippen LogP contribution >= 0.6 is 0 Å². The van der Waals surface area contributed by atoms with Crippen LogP contribution in [0, 0.1) is 11.3 Å². The summed E-state index contributed by atoms with van der Waals surface area (Å²) >= 11 is 0. The van der Waals surface area contributed by atoms with E-state index in [-0.39, 0.29) is 0 Å². The van der Waals surface area contributed by atoms with Crippen LogP contribution in [0.3, 0.4) is 0 Å². The third-order valence-corrected chi connectivity index (χ3v) is 4.90. The monoisotopic (exact) mass is 247 g/mol. The molecule has 2 aliphatic rings. The number of nitrogens with one attached hydrogen (secondary N) is 1. The molecule has 1 aliphatic heterocycles. The van der Waals surface area contributed by atoms with Crippen molar-refractivity contribution in [2.45, 2.75) is 52.0 Å². The van der Waals surface area contributed by atoms with Gasteiger partial charge in [-0.15, -0.1) is 0 Å². The van der Waals surface area contributed by atoms with Gasteiger partial charge in [0.15, 0.2) is 0 Å². The van der Waals surface area contributed by atoms with E-state index in [1.807, 2.05) is 0 Å². The summed E-state index contributed by atoms with van der Waals surface area (Å²) in [6.45, 7) is 6.78. The van der Waals surface area contributed by atoms with Gasteiger partial charge < -0.3 is 5.32 Å². The molecule has 0 unspecified atom stereocenters. The fourth-order valence-corrected chi connectivity index (χ4v) is 3.66. The van der Waals surface area contributed by atoms with Gasteiger partial charge >= 0.3 is 0 Å². The molecular formula is C15H25N3. The van der Waals surface area contributed by atoms with Crippen molar-refractivity contribution in [3.8, 4) is 0 Å². The van der Waals surface area contributed by atoms with Crippen molar-refractivity contribution in [1.82, 2.24) is 15.1 Å². The van der Waals surface area contributed by atoms with Gasteiger partial charge in [0.1, 0.15) is 0 Å². The molecule has 0 amide bonds. The Labute approximate surface area is 110 Å². The highest BCUT2D eigenvalue weighted by molar-refractivity contribution is 5.10. The minimum absolute atomic E-state index is 0.473. The Bertz CT molecular complexity index is 398. The van der Waals surface area contributed by atoms with Crippen LogP contribution in [-0.4, -0.2) is 22.9 Å². The van der Waals surface area contributed by atoms with Gasteiger partial charge in [0.05, 0.1) is 5.69 Å². The van der Waals surface area contributed by atoms with Crippen LogP contribution in [-0.2, 0) is 6.42 Å². The van der Waals surface area contributed by atoms with Gasteiger partial charge in [-0.2, -0.15) is 5.10 Å². The van der Waals surface area contributed by atoms with Crippen LogP contribution in [0.15, 0.2) is 12.3 Å². The molecule has 0 radical (unpaired) electrons. The Balaban J connectivity index is 1.72. The molecular weight excluding hydrogens is 222 g/mol. The van der Waals surface area contributed by atoms with Gasteiger partial charge in [-0.25, -0.2) is 0 Å². The third kappa shape index (κ3) is 2.09. The molecule has 3 nitrogen and oxygen atoms in total. The van der Waals surface area contributed by atoms with Crippen LogP contribution < -0.4 is 5.32 Å². The van der Waals surface area contributed by atoms with Gasteiger partial charge in [0.2, 0.25) is 0 Å². The lowest BCUT2D eigenvalue weighted by molar-refractivity contribution is 0.0797. The van der Waals surface area contributed by atoms with Crippen molar-refractivity contribution >= 4 is 0 Å². The third-order valence-electron chi connectivity index (χ3n) is 4.90. The van der Waals surface area contributed by atoms with E-state index >= 15 is 0 Å². The van der Waals surface area contributed by atoms with Crippen LogP contribution in [0.5, 0.6) is 0 Å². The molecule has 0 aromatic carbocycles. The zero-order chi connectivity index (χ0) is 12.6. The lowest BCUT2D eigenvalue weighted by atomic mass is 9.67. The minimum Gasteiger partial charge on any atom is -0.315 e. The van der Waals surface area contributed by atoms with Gasteiger partial charge in [-0.3, -0.25) is 4.68 Å². The largest absolute Gasteiger partial charge is 0.315 e. The van der Waals surface area contributed by atoms with E-state index in [2.05, 4.69) is 36.1 Å². The molecule has 1 aromatic rings. The first-order chi connectivity index (χ1) is 8.70. The number of hydrogen-bond acceptors (Lipinski definition) is 2. The summed E-state index contributed by atoms with van der Waals surface area (Å²) in [5.41, 5.74) is 1.81. The van der Waals surface area contributed by atoms with Crippen molar-refractivity contribution in [1.29, 1.82) is 0 Å². The number of aromatic nitrogens is 2. The van der Waals surface area contributed by atoms with E-state index in [0.717, 1.165) is 5.92 Å². The zero-order valence-electron chi connectivity index (χ0n) is 11.7. The van der Waals surface area contributed by atoms with Crippen molar-refractivity contribution in [3.63, 3.8) is 0 Å². The summed E-state index contributed by atoms with van der Waals surface area (Å²) in [5, 5.41) is 8.23. The molecule has 1 saturated carbocycles. The Morgan fingerprint density at radius 2 is 2.11 bits per heavy atom. The van der Waals surface area contributed by atoms with Crippen molar-refractivity contribution in [3.05, 3.63) is 18.0 Å². The predicted molar refractivity (Wildman–Crippen MR) is 73.6 cm³/mol. The predicted octanol–water partition coefficient (Wildman–Crippen LogP) is 2.79. The Kier molecular flexibility index (Phi) is 3.18. The molecule has 0 spiro atoms. The summed E-state index contributed by atoms with van der Waals surface area (Å²) in [6, 6.07) is 2.69. The highest BCUT2D eigenvalue weighted by Gasteiger charge is 2.45. The Morgan fingerprint density at radius 1 is 1.39 bits per heavy atom. The topological polar surface area (TPSA) is 29.9 Å². The van der Waals surface area contributed by atoms with Gasteiger partial charge in [-0.1, -0.05) is 12.8 Å². The highest BCUT2D eigenvalue weighted by atomic mass is 15.3. The van der Waals surface area contributed by atoms with Crippen molar-refractivity contribution in [2.75, 3.05) is 13.1 Å². The molecule has 100 valence electrons. The van der Waals surface area contributed by atoms with Gasteiger partial charge in [-0.05, 0) is 45.1 Å². The lowest BCUT2D eigenvalue weighted by Crippen LogP contribution is -2.58. The average Bonchev–Trinajstić information content (AvgIpc) is 2.94. The highest BCUT2D eigenvalue weighted by Crippen LogP contribution is 2.44. The van der Waals surface area contributed by atoms with E-state index < -0.39 is 0 Å². The molecule has 0 bridgehead atoms. The number of hydrogen-bond donors (Lipinski definition) is 1. The van der Waals surface area contributed by atoms with E-state index in [1.54, 1.807) is 0 Å². The van der Waals surface area contributed by atoms with Crippen molar-refractivity contribution < 1.29 is 0 Å². The summed E-state index contributed by atoms with van der Waals surface area (Å²) in [6.07, 6.45) is 9.05. The van der Waals surface area contributed by atoms with E-state index in [1.165, 1.54) is 50.9 Å². The van der Waals surface area contributed by atoms with Crippen LogP contribution in [0.4, 0.5) is 0 Å². The van der Waals surface area contributed by atoms with E-state index in [9.17, 15) is 0 Å². The molecule has 3 rings (SSSR count). The van der Waals surface area contributed by atoms with Gasteiger partial charge in [0, 0.05) is 30.7 Å². The number of nitrogens with zero attached hydrogens (tertiary/aromatic N) is 2. The molecule has 1 aliphatic carbocycles. The quantitative estimate of drug-likeness (QED) is 0.886. The Morgan fingerprint density at radius 3 is 2.61 bits per heavy atom. The second-order valence-corrected chi connectivity index (χ2v) is 6.50. The molecule has 2 fully saturated rings. The van der Waals surface area contributed by atoms with E-state index in [4.69, 9.17) is 5.10 Å². The Hall–Kier alpha value is -0.830. The second-order valence-electron chi connectivity index (χ2n) is 6.50. The van der Waals surface area contributed by atoms with Crippen LogP contribution in [0.2, 0.25) is 0 Å². The maximum absolute atomic E-state index is 4.74. The summed E-state index contributed by atoms with van der Waals surface area (Å²) in [7, 11) is 0. The van der Waals surface area contributed by atoms with Crippen LogP contribution in [0.25, 0.3) is 0 Å². The molecule has 0 atom stereocenters. The molecule has 2 heterocycles. The zero-order valence-corrected chi connectivity index (χ0v) is 11.7. The minimum atomic E-state index is 0.473. The lowest BCUT2D eigenvalue weighted by Gasteiger charge is -2.47. The fourth-order valence-electron chi connectivity index (χ4n) is 3.66. The van der Waals surface area contributed by atoms with E-state index in [0.29, 0.717) is 11.5 Å². The molecule has 1 saturated heterocycles. The smallest absolute Gasteiger partial charge is 0.0631 e. The standard InChI is InChI=1S/C15H25N3/c1-12(2)18-8-7-14(17-18)9-15(10-16-11-15)13-5-3-4-6-13/h7-8,12-13,16H,3-6,9-11H2,1-2H3. The molecule has 1 N–H and O–H groups in total. The second kappa shape index (κ2) is 4.69. The SMILES string of the molecule is CC(C)n1ccc(CC2(C3CCCC3)CNC2)n1. The summed E-state index contributed by atoms with van der Waals surface area (Å²) in [5.74, 6) is 0.933. The first kappa shape index (κ1) is 12.2. The molecule has 18 heavy (non-hydrogen) atoms. The maximum atomic E-state index is 4.74. The summed E-state index contributed by atoms with van der Waals surface area (Å²) < 4.78 is 2.09. The molecule has 1 aromatic heterocycles. The maximum Gasteiger partial charge on any atom is 0.0631 e. The first-order valence-electron chi connectivity index (χ1n) is 7.44. The number of rotatable bonds is 4. The summed E-state index contributed by atoms with van der Waals surface area (Å²) in [4.78, 5) is 0. The fraction of sp³-hybridized carbons (Fsp3) is 0.800. The average molecular weight is 247 g/mol.